The van der Waals surface area contributed by atoms with Gasteiger partial charge in [0.1, 0.15) is 17.4 Å². The molecule has 29 heavy (non-hydrogen) atoms. The smallest absolute Gasteiger partial charge is 0.318 e. The fraction of sp³-hybridized carbons (Fsp3) is 0.208. The van der Waals surface area contributed by atoms with Crippen LogP contribution in [0.15, 0.2) is 77.8 Å². The first-order valence-corrected chi connectivity index (χ1v) is 9.48. The summed E-state index contributed by atoms with van der Waals surface area (Å²) < 4.78 is 10.7. The largest absolute Gasteiger partial charge is 0.453 e. The molecule has 0 radical (unpaired) electrons. The lowest BCUT2D eigenvalue weighted by Crippen LogP contribution is -2.30. The molecule has 0 saturated carbocycles. The summed E-state index contributed by atoms with van der Waals surface area (Å²) in [5.74, 6) is -0.908. The predicted octanol–water partition coefficient (Wildman–Crippen LogP) is 4.72. The van der Waals surface area contributed by atoms with Gasteiger partial charge in [-0.2, -0.15) is 0 Å². The molecule has 1 atom stereocenters. The van der Waals surface area contributed by atoms with Crippen LogP contribution in [0.3, 0.4) is 0 Å². The average Bonchev–Trinajstić information content (AvgIpc) is 3.19. The van der Waals surface area contributed by atoms with Gasteiger partial charge in [0.05, 0.1) is 0 Å². The van der Waals surface area contributed by atoms with E-state index in [9.17, 15) is 9.59 Å². The second-order valence-corrected chi connectivity index (χ2v) is 6.75. The number of carbonyl (C=O) groups excluding carboxylic acids is 2. The molecule has 3 aromatic rings. The van der Waals surface area contributed by atoms with Gasteiger partial charge >= 0.3 is 5.97 Å². The third kappa shape index (κ3) is 4.69. The summed E-state index contributed by atoms with van der Waals surface area (Å²) >= 11 is 0. The Labute approximate surface area is 170 Å². The van der Waals surface area contributed by atoms with E-state index in [1.807, 2.05) is 60.7 Å². The molecule has 5 heteroatoms. The van der Waals surface area contributed by atoms with Crippen LogP contribution < -0.4 is 0 Å². The van der Waals surface area contributed by atoms with E-state index in [4.69, 9.17) is 9.26 Å². The van der Waals surface area contributed by atoms with Crippen molar-refractivity contribution in [2.45, 2.75) is 32.3 Å². The van der Waals surface area contributed by atoms with E-state index in [0.717, 1.165) is 11.1 Å². The maximum atomic E-state index is 13.1. The van der Waals surface area contributed by atoms with Crippen molar-refractivity contribution in [3.05, 3.63) is 95.9 Å². The molecule has 0 aliphatic heterocycles. The lowest BCUT2D eigenvalue weighted by Gasteiger charge is -2.21. The first kappa shape index (κ1) is 20.3. The Morgan fingerprint density at radius 3 is 2.03 bits per heavy atom. The SMILES string of the molecule is C=C(C(=O)C(CC)OC(=O)C(c1ccccc1)c1ccccc1)c1cc(C)on1. The quantitative estimate of drug-likeness (QED) is 0.412. The molecule has 0 amide bonds. The molecule has 0 saturated heterocycles. The van der Waals surface area contributed by atoms with Crippen molar-refractivity contribution < 1.29 is 18.8 Å². The third-order valence-electron chi connectivity index (χ3n) is 4.66. The average molecular weight is 389 g/mol. The number of hydrogen-bond donors (Lipinski definition) is 0. The minimum absolute atomic E-state index is 0.164. The van der Waals surface area contributed by atoms with Crippen LogP contribution >= 0.6 is 0 Å². The lowest BCUT2D eigenvalue weighted by molar-refractivity contribution is -0.154. The van der Waals surface area contributed by atoms with E-state index in [0.29, 0.717) is 17.9 Å². The van der Waals surface area contributed by atoms with Gasteiger partial charge in [-0.25, -0.2) is 0 Å². The molecule has 0 N–H and O–H groups in total. The highest BCUT2D eigenvalue weighted by Gasteiger charge is 2.30. The number of ether oxygens (including phenoxy) is 1. The highest BCUT2D eigenvalue weighted by atomic mass is 16.5. The summed E-state index contributed by atoms with van der Waals surface area (Å²) in [4.78, 5) is 26.0. The first-order chi connectivity index (χ1) is 14.0. The third-order valence-corrected chi connectivity index (χ3v) is 4.66. The van der Waals surface area contributed by atoms with Gasteiger partial charge in [0.15, 0.2) is 6.10 Å². The molecule has 0 fully saturated rings. The fourth-order valence-electron chi connectivity index (χ4n) is 3.12. The molecule has 0 spiro atoms. The van der Waals surface area contributed by atoms with Gasteiger partial charge in [0.25, 0.3) is 0 Å². The number of rotatable bonds is 8. The normalized spacial score (nSPS) is 11.8. The van der Waals surface area contributed by atoms with E-state index >= 15 is 0 Å². The molecule has 2 aromatic carbocycles. The predicted molar refractivity (Wildman–Crippen MR) is 110 cm³/mol. The van der Waals surface area contributed by atoms with Crippen molar-refractivity contribution in [1.82, 2.24) is 5.16 Å². The van der Waals surface area contributed by atoms with Gasteiger partial charge in [-0.3, -0.25) is 9.59 Å². The van der Waals surface area contributed by atoms with Gasteiger partial charge < -0.3 is 9.26 Å². The van der Waals surface area contributed by atoms with Crippen molar-refractivity contribution in [2.75, 3.05) is 0 Å². The lowest BCUT2D eigenvalue weighted by atomic mass is 9.91. The molecular weight excluding hydrogens is 366 g/mol. The van der Waals surface area contributed by atoms with Crippen molar-refractivity contribution in [2.24, 2.45) is 0 Å². The van der Waals surface area contributed by atoms with Crippen molar-refractivity contribution in [3.63, 3.8) is 0 Å². The maximum Gasteiger partial charge on any atom is 0.318 e. The summed E-state index contributed by atoms with van der Waals surface area (Å²) in [5.41, 5.74) is 2.12. The van der Waals surface area contributed by atoms with Gasteiger partial charge in [-0.15, -0.1) is 0 Å². The van der Waals surface area contributed by atoms with Crippen LogP contribution in [0.4, 0.5) is 0 Å². The molecular formula is C24H23NO4. The zero-order valence-electron chi connectivity index (χ0n) is 16.5. The van der Waals surface area contributed by atoms with E-state index in [1.54, 1.807) is 19.9 Å². The second kappa shape index (κ2) is 9.15. The Morgan fingerprint density at radius 1 is 1.03 bits per heavy atom. The van der Waals surface area contributed by atoms with Crippen LogP contribution in [0, 0.1) is 6.92 Å². The number of aromatic nitrogens is 1. The molecule has 1 heterocycles. The number of benzene rings is 2. The Kier molecular flexibility index (Phi) is 6.39. The summed E-state index contributed by atoms with van der Waals surface area (Å²) in [6, 6.07) is 20.4. The van der Waals surface area contributed by atoms with E-state index < -0.39 is 18.0 Å². The van der Waals surface area contributed by atoms with E-state index in [1.165, 1.54) is 0 Å². The number of ketones is 1. The van der Waals surface area contributed by atoms with Crippen molar-refractivity contribution in [1.29, 1.82) is 0 Å². The van der Waals surface area contributed by atoms with Crippen LogP contribution in [0.25, 0.3) is 5.57 Å². The van der Waals surface area contributed by atoms with E-state index in [2.05, 4.69) is 11.7 Å². The standard InChI is InChI=1S/C24H23NO4/c1-4-21(23(26)17(3)20-15-16(2)29-25-20)28-24(27)22(18-11-7-5-8-12-18)19-13-9-6-10-14-19/h5-15,21-22H,3-4H2,1-2H3. The number of esters is 1. The molecule has 0 aliphatic carbocycles. The molecule has 0 aliphatic rings. The summed E-state index contributed by atoms with van der Waals surface area (Å²) in [6.07, 6.45) is -0.613. The topological polar surface area (TPSA) is 69.4 Å². The van der Waals surface area contributed by atoms with Gasteiger partial charge in [-0.05, 0) is 24.5 Å². The number of Topliss-reactive ketones (excluding diaryl/α,β-unsaturated/α-hetero) is 1. The Morgan fingerprint density at radius 2 is 1.59 bits per heavy atom. The molecule has 148 valence electrons. The number of hydrogen-bond acceptors (Lipinski definition) is 5. The molecule has 1 unspecified atom stereocenters. The summed E-state index contributed by atoms with van der Waals surface area (Å²) in [6.45, 7) is 7.33. The Hall–Kier alpha value is -3.47. The Balaban J connectivity index is 1.84. The monoisotopic (exact) mass is 389 g/mol. The number of nitrogens with zero attached hydrogens (tertiary/aromatic N) is 1. The van der Waals surface area contributed by atoms with Gasteiger partial charge in [0, 0.05) is 11.6 Å². The molecule has 5 nitrogen and oxygen atoms in total. The summed E-state index contributed by atoms with van der Waals surface area (Å²) in [5, 5.41) is 3.83. The van der Waals surface area contributed by atoms with Crippen LogP contribution in [0.2, 0.25) is 0 Å². The van der Waals surface area contributed by atoms with Gasteiger partial charge in [-0.1, -0.05) is 79.3 Å². The van der Waals surface area contributed by atoms with Crippen LogP contribution in [-0.4, -0.2) is 23.0 Å². The maximum absolute atomic E-state index is 13.1. The number of aryl methyl sites for hydroxylation is 1. The molecule has 3 rings (SSSR count). The second-order valence-electron chi connectivity index (χ2n) is 6.75. The van der Waals surface area contributed by atoms with Crippen LogP contribution in [0.1, 0.15) is 41.8 Å². The molecule has 1 aromatic heterocycles. The fourth-order valence-corrected chi connectivity index (χ4v) is 3.12. The minimum Gasteiger partial charge on any atom is -0.453 e. The van der Waals surface area contributed by atoms with Crippen molar-refractivity contribution in [3.8, 4) is 0 Å². The first-order valence-electron chi connectivity index (χ1n) is 9.48. The number of carbonyl (C=O) groups is 2. The zero-order chi connectivity index (χ0) is 20.8. The van der Waals surface area contributed by atoms with Crippen LogP contribution in [-0.2, 0) is 14.3 Å². The van der Waals surface area contributed by atoms with Crippen LogP contribution in [0.5, 0.6) is 0 Å². The van der Waals surface area contributed by atoms with E-state index in [-0.39, 0.29) is 11.4 Å². The minimum atomic E-state index is -0.943. The van der Waals surface area contributed by atoms with Gasteiger partial charge in [0.2, 0.25) is 5.78 Å². The highest BCUT2D eigenvalue weighted by molar-refractivity contribution is 6.21. The molecule has 0 bridgehead atoms. The Bertz CT molecular complexity index is 952. The van der Waals surface area contributed by atoms with Crippen molar-refractivity contribution >= 4 is 17.3 Å². The highest BCUT2D eigenvalue weighted by Crippen LogP contribution is 2.27. The zero-order valence-corrected chi connectivity index (χ0v) is 16.5. The summed E-state index contributed by atoms with van der Waals surface area (Å²) in [7, 11) is 0.